The molecule has 0 unspecified atom stereocenters. The third-order valence-corrected chi connectivity index (χ3v) is 4.34. The molecule has 1 saturated heterocycles. The Labute approximate surface area is 129 Å². The molecular formula is C17H21N3O2. The highest BCUT2D eigenvalue weighted by Gasteiger charge is 2.22. The highest BCUT2D eigenvalue weighted by atomic mass is 16.2. The number of piperazine rings is 1. The molecule has 5 heteroatoms. The van der Waals surface area contributed by atoms with Crippen LogP contribution in [0.2, 0.25) is 0 Å². The van der Waals surface area contributed by atoms with Gasteiger partial charge in [-0.3, -0.25) is 9.59 Å². The van der Waals surface area contributed by atoms with E-state index in [0.29, 0.717) is 32.6 Å². The minimum absolute atomic E-state index is 0.0825. The molecule has 1 N–H and O–H groups in total. The van der Waals surface area contributed by atoms with Gasteiger partial charge in [-0.1, -0.05) is 12.1 Å². The van der Waals surface area contributed by atoms with Crippen molar-refractivity contribution in [1.29, 1.82) is 0 Å². The second-order valence-corrected chi connectivity index (χ2v) is 5.93. The Hall–Kier alpha value is -2.30. The van der Waals surface area contributed by atoms with E-state index in [1.54, 1.807) is 11.8 Å². The standard InChI is InChI=1S/C17H21N3O2/c1-12-3-4-15-14(11-18-16(15)9-12)10-17(22)20-7-5-19(6-8-20)13(2)21/h3-4,9,11,18H,5-8,10H2,1-2H3. The first kappa shape index (κ1) is 14.6. The Balaban J connectivity index is 1.68. The maximum Gasteiger partial charge on any atom is 0.227 e. The van der Waals surface area contributed by atoms with Gasteiger partial charge in [0.2, 0.25) is 11.8 Å². The third kappa shape index (κ3) is 2.84. The number of fused-ring (bicyclic) bond motifs is 1. The van der Waals surface area contributed by atoms with Gasteiger partial charge in [-0.25, -0.2) is 0 Å². The van der Waals surface area contributed by atoms with Crippen LogP contribution in [0.3, 0.4) is 0 Å². The van der Waals surface area contributed by atoms with Gasteiger partial charge in [0, 0.05) is 50.2 Å². The molecular weight excluding hydrogens is 278 g/mol. The maximum absolute atomic E-state index is 12.5. The SMILES string of the molecule is CC(=O)N1CCN(C(=O)Cc2c[nH]c3cc(C)ccc23)CC1. The largest absolute Gasteiger partial charge is 0.361 e. The van der Waals surface area contributed by atoms with Crippen molar-refractivity contribution in [3.63, 3.8) is 0 Å². The van der Waals surface area contributed by atoms with Gasteiger partial charge in [0.25, 0.3) is 0 Å². The molecule has 2 heterocycles. The number of aromatic nitrogens is 1. The highest BCUT2D eigenvalue weighted by molar-refractivity contribution is 5.89. The van der Waals surface area contributed by atoms with Gasteiger partial charge in [0.1, 0.15) is 0 Å². The van der Waals surface area contributed by atoms with Gasteiger partial charge in [0.05, 0.1) is 6.42 Å². The van der Waals surface area contributed by atoms with Crippen molar-refractivity contribution in [3.05, 3.63) is 35.5 Å². The number of rotatable bonds is 2. The molecule has 0 bridgehead atoms. The van der Waals surface area contributed by atoms with Crippen molar-refractivity contribution >= 4 is 22.7 Å². The van der Waals surface area contributed by atoms with Gasteiger partial charge in [0.15, 0.2) is 0 Å². The van der Waals surface area contributed by atoms with E-state index in [-0.39, 0.29) is 11.8 Å². The molecule has 0 aliphatic carbocycles. The fraction of sp³-hybridized carbons (Fsp3) is 0.412. The van der Waals surface area contributed by atoms with Gasteiger partial charge < -0.3 is 14.8 Å². The van der Waals surface area contributed by atoms with Crippen LogP contribution in [0.25, 0.3) is 10.9 Å². The third-order valence-electron chi connectivity index (χ3n) is 4.34. The number of hydrogen-bond donors (Lipinski definition) is 1. The zero-order chi connectivity index (χ0) is 15.7. The van der Waals surface area contributed by atoms with Crippen LogP contribution in [-0.2, 0) is 16.0 Å². The summed E-state index contributed by atoms with van der Waals surface area (Å²) in [5, 5.41) is 1.11. The summed E-state index contributed by atoms with van der Waals surface area (Å²) in [5.41, 5.74) is 3.31. The first-order chi connectivity index (χ1) is 10.5. The average molecular weight is 299 g/mol. The number of benzene rings is 1. The van der Waals surface area contributed by atoms with Crippen LogP contribution in [-0.4, -0.2) is 52.8 Å². The Morgan fingerprint density at radius 2 is 1.82 bits per heavy atom. The molecule has 5 nitrogen and oxygen atoms in total. The number of nitrogens with zero attached hydrogens (tertiary/aromatic N) is 2. The number of hydrogen-bond acceptors (Lipinski definition) is 2. The maximum atomic E-state index is 12.5. The summed E-state index contributed by atoms with van der Waals surface area (Å²) in [5.74, 6) is 0.212. The molecule has 3 rings (SSSR count). The van der Waals surface area contributed by atoms with Crippen molar-refractivity contribution in [2.24, 2.45) is 0 Å². The Morgan fingerprint density at radius 1 is 1.14 bits per heavy atom. The summed E-state index contributed by atoms with van der Waals surface area (Å²) in [7, 11) is 0. The van der Waals surface area contributed by atoms with Crippen molar-refractivity contribution in [3.8, 4) is 0 Å². The van der Waals surface area contributed by atoms with Crippen molar-refractivity contribution in [1.82, 2.24) is 14.8 Å². The molecule has 0 atom stereocenters. The van der Waals surface area contributed by atoms with Crippen molar-refractivity contribution < 1.29 is 9.59 Å². The van der Waals surface area contributed by atoms with Gasteiger partial charge >= 0.3 is 0 Å². The van der Waals surface area contributed by atoms with Crippen LogP contribution in [0.1, 0.15) is 18.1 Å². The number of carbonyl (C=O) groups is 2. The first-order valence-electron chi connectivity index (χ1n) is 7.64. The molecule has 1 aromatic heterocycles. The van der Waals surface area contributed by atoms with E-state index in [2.05, 4.69) is 30.1 Å². The second kappa shape index (κ2) is 5.83. The molecule has 2 amide bonds. The molecule has 1 aliphatic heterocycles. The topological polar surface area (TPSA) is 56.4 Å². The molecule has 0 radical (unpaired) electrons. The average Bonchev–Trinajstić information content (AvgIpc) is 2.89. The second-order valence-electron chi connectivity index (χ2n) is 5.93. The molecule has 1 aliphatic rings. The number of amides is 2. The van der Waals surface area contributed by atoms with Crippen LogP contribution in [0.5, 0.6) is 0 Å². The first-order valence-corrected chi connectivity index (χ1v) is 7.64. The van der Waals surface area contributed by atoms with Crippen molar-refractivity contribution in [2.45, 2.75) is 20.3 Å². The van der Waals surface area contributed by atoms with E-state index < -0.39 is 0 Å². The zero-order valence-electron chi connectivity index (χ0n) is 13.1. The lowest BCUT2D eigenvalue weighted by Crippen LogP contribution is -2.50. The molecule has 0 saturated carbocycles. The number of nitrogens with one attached hydrogen (secondary N) is 1. The molecule has 22 heavy (non-hydrogen) atoms. The number of H-pyrrole nitrogens is 1. The number of carbonyl (C=O) groups excluding carboxylic acids is 2. The predicted octanol–water partition coefficient (Wildman–Crippen LogP) is 1.71. The van der Waals surface area contributed by atoms with Crippen LogP contribution in [0.4, 0.5) is 0 Å². The number of aryl methyl sites for hydroxylation is 1. The normalized spacial score (nSPS) is 15.4. The lowest BCUT2D eigenvalue weighted by Gasteiger charge is -2.34. The summed E-state index contributed by atoms with van der Waals surface area (Å²) < 4.78 is 0. The van der Waals surface area contributed by atoms with E-state index in [4.69, 9.17) is 0 Å². The lowest BCUT2D eigenvalue weighted by atomic mass is 10.1. The van der Waals surface area contributed by atoms with Crippen LogP contribution in [0, 0.1) is 6.92 Å². The monoisotopic (exact) mass is 299 g/mol. The van der Waals surface area contributed by atoms with Gasteiger partial charge in [-0.2, -0.15) is 0 Å². The Morgan fingerprint density at radius 3 is 2.50 bits per heavy atom. The van der Waals surface area contributed by atoms with Crippen molar-refractivity contribution in [2.75, 3.05) is 26.2 Å². The molecule has 116 valence electrons. The Kier molecular flexibility index (Phi) is 3.88. The van der Waals surface area contributed by atoms with E-state index in [0.717, 1.165) is 16.5 Å². The summed E-state index contributed by atoms with van der Waals surface area (Å²) in [6, 6.07) is 6.22. The van der Waals surface area contributed by atoms with Crippen LogP contribution in [0.15, 0.2) is 24.4 Å². The fourth-order valence-electron chi connectivity index (χ4n) is 2.99. The molecule has 2 aromatic rings. The van der Waals surface area contributed by atoms with E-state index in [1.165, 1.54) is 5.56 Å². The summed E-state index contributed by atoms with van der Waals surface area (Å²) in [6.45, 7) is 6.15. The molecule has 1 aromatic carbocycles. The molecule has 1 fully saturated rings. The van der Waals surface area contributed by atoms with E-state index in [1.807, 2.05) is 11.1 Å². The predicted molar refractivity (Wildman–Crippen MR) is 85.6 cm³/mol. The van der Waals surface area contributed by atoms with E-state index in [9.17, 15) is 9.59 Å². The minimum atomic E-state index is 0.0825. The van der Waals surface area contributed by atoms with Crippen LogP contribution < -0.4 is 0 Å². The quantitative estimate of drug-likeness (QED) is 0.918. The van der Waals surface area contributed by atoms with Gasteiger partial charge in [-0.15, -0.1) is 0 Å². The summed E-state index contributed by atoms with van der Waals surface area (Å²) >= 11 is 0. The number of aromatic amines is 1. The lowest BCUT2D eigenvalue weighted by molar-refractivity contribution is -0.137. The van der Waals surface area contributed by atoms with Gasteiger partial charge in [-0.05, 0) is 24.1 Å². The Bertz CT molecular complexity index is 712. The van der Waals surface area contributed by atoms with Crippen LogP contribution >= 0.6 is 0 Å². The summed E-state index contributed by atoms with van der Waals surface area (Å²) in [4.78, 5) is 30.7. The minimum Gasteiger partial charge on any atom is -0.361 e. The molecule has 0 spiro atoms. The smallest absolute Gasteiger partial charge is 0.227 e. The zero-order valence-corrected chi connectivity index (χ0v) is 13.1. The fourth-order valence-corrected chi connectivity index (χ4v) is 2.99. The summed E-state index contributed by atoms with van der Waals surface area (Å²) in [6.07, 6.45) is 2.33. The van der Waals surface area contributed by atoms with E-state index >= 15 is 0 Å². The highest BCUT2D eigenvalue weighted by Crippen LogP contribution is 2.20.